The lowest BCUT2D eigenvalue weighted by atomic mass is 10.1. The molecule has 0 saturated carbocycles. The summed E-state index contributed by atoms with van der Waals surface area (Å²) in [4.78, 5) is 8.97. The van der Waals surface area contributed by atoms with Crippen LogP contribution in [0.1, 0.15) is 33.5 Å². The maximum Gasteiger partial charge on any atom is 0.132 e. The fourth-order valence-electron chi connectivity index (χ4n) is 1.77. The Morgan fingerprint density at radius 1 is 1.21 bits per heavy atom. The van der Waals surface area contributed by atoms with Gasteiger partial charge in [0.2, 0.25) is 0 Å². The van der Waals surface area contributed by atoms with Gasteiger partial charge in [-0.1, -0.05) is 20.8 Å². The number of hydrogen-bond donors (Lipinski definition) is 2. The molecule has 5 nitrogen and oxygen atoms in total. The molecule has 0 spiro atoms. The molecule has 1 atom stereocenters. The predicted molar refractivity (Wildman–Crippen MR) is 79.7 cm³/mol. The van der Waals surface area contributed by atoms with Crippen LogP contribution in [0.4, 0.5) is 11.6 Å². The van der Waals surface area contributed by atoms with E-state index in [4.69, 9.17) is 4.74 Å². The molecule has 1 rings (SSSR count). The SMILES string of the molecule is CCNc1cc(NC(COC)C(C)C)nc(CC)n1. The maximum atomic E-state index is 5.25. The third kappa shape index (κ3) is 5.03. The molecule has 108 valence electrons. The van der Waals surface area contributed by atoms with Crippen molar-refractivity contribution in [3.8, 4) is 0 Å². The molecule has 1 unspecified atom stereocenters. The van der Waals surface area contributed by atoms with Gasteiger partial charge in [0, 0.05) is 26.1 Å². The molecule has 0 bridgehead atoms. The zero-order chi connectivity index (χ0) is 14.3. The lowest BCUT2D eigenvalue weighted by Crippen LogP contribution is -2.31. The molecule has 19 heavy (non-hydrogen) atoms. The fourth-order valence-corrected chi connectivity index (χ4v) is 1.77. The number of aryl methyl sites for hydroxylation is 1. The van der Waals surface area contributed by atoms with E-state index in [1.54, 1.807) is 7.11 Å². The normalized spacial score (nSPS) is 12.5. The van der Waals surface area contributed by atoms with Gasteiger partial charge in [0.1, 0.15) is 17.5 Å². The van der Waals surface area contributed by atoms with Gasteiger partial charge in [-0.2, -0.15) is 0 Å². The first-order chi connectivity index (χ1) is 9.10. The molecule has 1 aromatic heterocycles. The number of ether oxygens (including phenoxy) is 1. The first-order valence-corrected chi connectivity index (χ1v) is 6.97. The summed E-state index contributed by atoms with van der Waals surface area (Å²) in [5.41, 5.74) is 0. The Labute approximate surface area is 116 Å². The minimum Gasteiger partial charge on any atom is -0.383 e. The molecule has 0 radical (unpaired) electrons. The van der Waals surface area contributed by atoms with Gasteiger partial charge < -0.3 is 15.4 Å². The van der Waals surface area contributed by atoms with Crippen LogP contribution in [0.2, 0.25) is 0 Å². The van der Waals surface area contributed by atoms with Gasteiger partial charge in [0.05, 0.1) is 12.6 Å². The minimum atomic E-state index is 0.249. The second-order valence-electron chi connectivity index (χ2n) is 4.89. The second-order valence-corrected chi connectivity index (χ2v) is 4.89. The van der Waals surface area contributed by atoms with E-state index in [1.165, 1.54) is 0 Å². The van der Waals surface area contributed by atoms with Crippen LogP contribution < -0.4 is 10.6 Å². The largest absolute Gasteiger partial charge is 0.383 e. The van der Waals surface area contributed by atoms with Gasteiger partial charge in [-0.3, -0.25) is 0 Å². The molecule has 2 N–H and O–H groups in total. The van der Waals surface area contributed by atoms with E-state index >= 15 is 0 Å². The number of aromatic nitrogens is 2. The standard InChI is InChI=1S/C14H26N4O/c1-6-12-17-13(15-7-2)8-14(18-12)16-11(9-19-5)10(3)4/h8,10-11H,6-7,9H2,1-5H3,(H2,15,16,17,18). The Balaban J connectivity index is 2.88. The predicted octanol–water partition coefficient (Wildman–Crippen LogP) is 2.55. The third-order valence-corrected chi connectivity index (χ3v) is 2.93. The van der Waals surface area contributed by atoms with E-state index in [9.17, 15) is 0 Å². The van der Waals surface area contributed by atoms with E-state index in [2.05, 4.69) is 48.3 Å². The average molecular weight is 266 g/mol. The third-order valence-electron chi connectivity index (χ3n) is 2.93. The summed E-state index contributed by atoms with van der Waals surface area (Å²) in [6, 6.07) is 2.20. The van der Waals surface area contributed by atoms with Crippen molar-refractivity contribution in [1.82, 2.24) is 9.97 Å². The molecule has 0 fully saturated rings. The van der Waals surface area contributed by atoms with E-state index in [0.29, 0.717) is 12.5 Å². The van der Waals surface area contributed by atoms with Gasteiger partial charge in [0.25, 0.3) is 0 Å². The van der Waals surface area contributed by atoms with Crippen molar-refractivity contribution in [2.45, 2.75) is 40.2 Å². The van der Waals surface area contributed by atoms with Gasteiger partial charge in [-0.25, -0.2) is 9.97 Å². The summed E-state index contributed by atoms with van der Waals surface area (Å²) in [5, 5.41) is 6.67. The van der Waals surface area contributed by atoms with E-state index in [-0.39, 0.29) is 6.04 Å². The van der Waals surface area contributed by atoms with Crippen LogP contribution >= 0.6 is 0 Å². The fraction of sp³-hybridized carbons (Fsp3) is 0.714. The van der Waals surface area contributed by atoms with Crippen molar-refractivity contribution >= 4 is 11.6 Å². The van der Waals surface area contributed by atoms with Crippen molar-refractivity contribution in [2.75, 3.05) is 30.9 Å². The van der Waals surface area contributed by atoms with E-state index < -0.39 is 0 Å². The number of rotatable bonds is 8. The van der Waals surface area contributed by atoms with Gasteiger partial charge in [-0.05, 0) is 12.8 Å². The van der Waals surface area contributed by atoms with Gasteiger partial charge in [-0.15, -0.1) is 0 Å². The summed E-state index contributed by atoms with van der Waals surface area (Å²) < 4.78 is 5.25. The lowest BCUT2D eigenvalue weighted by Gasteiger charge is -2.22. The number of hydrogen-bond acceptors (Lipinski definition) is 5. The summed E-state index contributed by atoms with van der Waals surface area (Å²) in [6.07, 6.45) is 0.824. The first-order valence-electron chi connectivity index (χ1n) is 6.97. The molecule has 0 saturated heterocycles. The van der Waals surface area contributed by atoms with Crippen LogP contribution in [-0.2, 0) is 11.2 Å². The smallest absolute Gasteiger partial charge is 0.132 e. The number of anilines is 2. The zero-order valence-electron chi connectivity index (χ0n) is 12.7. The van der Waals surface area contributed by atoms with Crippen LogP contribution in [-0.4, -0.2) is 36.3 Å². The Bertz CT molecular complexity index is 382. The minimum absolute atomic E-state index is 0.249. The molecule has 0 aliphatic heterocycles. The summed E-state index contributed by atoms with van der Waals surface area (Å²) >= 11 is 0. The van der Waals surface area contributed by atoms with Gasteiger partial charge in [0.15, 0.2) is 0 Å². The van der Waals surface area contributed by atoms with Crippen LogP contribution in [0.5, 0.6) is 0 Å². The van der Waals surface area contributed by atoms with Crippen LogP contribution in [0.25, 0.3) is 0 Å². The highest BCUT2D eigenvalue weighted by molar-refractivity contribution is 5.48. The Morgan fingerprint density at radius 2 is 1.89 bits per heavy atom. The molecule has 1 aromatic rings. The quantitative estimate of drug-likeness (QED) is 0.757. The molecule has 5 heteroatoms. The average Bonchev–Trinajstić information content (AvgIpc) is 2.38. The maximum absolute atomic E-state index is 5.25. The Kier molecular flexibility index (Phi) is 6.56. The molecular weight excluding hydrogens is 240 g/mol. The molecule has 0 amide bonds. The molecule has 0 aliphatic rings. The highest BCUT2D eigenvalue weighted by Gasteiger charge is 2.14. The van der Waals surface area contributed by atoms with Crippen molar-refractivity contribution in [3.63, 3.8) is 0 Å². The van der Waals surface area contributed by atoms with Crippen molar-refractivity contribution < 1.29 is 4.74 Å². The summed E-state index contributed by atoms with van der Waals surface area (Å²) in [6.45, 7) is 9.98. The highest BCUT2D eigenvalue weighted by Crippen LogP contribution is 2.15. The molecule has 0 aromatic carbocycles. The first kappa shape index (κ1) is 15.7. The molecule has 1 heterocycles. The topological polar surface area (TPSA) is 59.1 Å². The van der Waals surface area contributed by atoms with Crippen molar-refractivity contribution in [3.05, 3.63) is 11.9 Å². The monoisotopic (exact) mass is 266 g/mol. The summed E-state index contributed by atoms with van der Waals surface area (Å²) in [7, 11) is 1.72. The second kappa shape index (κ2) is 7.94. The molecule has 0 aliphatic carbocycles. The van der Waals surface area contributed by atoms with E-state index in [0.717, 1.165) is 30.4 Å². The van der Waals surface area contributed by atoms with Crippen LogP contribution in [0, 0.1) is 5.92 Å². The highest BCUT2D eigenvalue weighted by atomic mass is 16.5. The summed E-state index contributed by atoms with van der Waals surface area (Å²) in [5.74, 6) is 3.05. The number of nitrogens with zero attached hydrogens (tertiary/aromatic N) is 2. The van der Waals surface area contributed by atoms with Gasteiger partial charge >= 0.3 is 0 Å². The van der Waals surface area contributed by atoms with Crippen LogP contribution in [0.15, 0.2) is 6.07 Å². The lowest BCUT2D eigenvalue weighted by molar-refractivity contribution is 0.171. The van der Waals surface area contributed by atoms with Crippen LogP contribution in [0.3, 0.4) is 0 Å². The van der Waals surface area contributed by atoms with Crippen molar-refractivity contribution in [1.29, 1.82) is 0 Å². The Morgan fingerprint density at radius 3 is 2.42 bits per heavy atom. The number of methoxy groups -OCH3 is 1. The van der Waals surface area contributed by atoms with Crippen molar-refractivity contribution in [2.24, 2.45) is 5.92 Å². The number of nitrogens with one attached hydrogen (secondary N) is 2. The zero-order valence-corrected chi connectivity index (χ0v) is 12.7. The van der Waals surface area contributed by atoms with E-state index in [1.807, 2.05) is 6.07 Å². The molecular formula is C14H26N4O. The Hall–Kier alpha value is -1.36.